The molecule has 0 radical (unpaired) electrons. The van der Waals surface area contributed by atoms with E-state index in [1.165, 1.54) is 17.0 Å². The van der Waals surface area contributed by atoms with Gasteiger partial charge in [0.1, 0.15) is 5.82 Å². The molecule has 0 aliphatic heterocycles. The van der Waals surface area contributed by atoms with E-state index in [1.807, 2.05) is 13.8 Å². The standard InChI is InChI=1S/C14H17FN2S/c1-4-5-13-10(3)16-14(18-13)17-12-8-11(15)7-6-9(12)2/h6-8H,4-5H2,1-3H3,(H,16,17). The molecular weight excluding hydrogens is 247 g/mol. The molecule has 0 amide bonds. The summed E-state index contributed by atoms with van der Waals surface area (Å²) in [4.78, 5) is 5.78. The van der Waals surface area contributed by atoms with Crippen molar-refractivity contribution in [2.24, 2.45) is 0 Å². The fourth-order valence-electron chi connectivity index (χ4n) is 1.78. The second-order valence-corrected chi connectivity index (χ2v) is 5.45. The number of hydrogen-bond acceptors (Lipinski definition) is 3. The van der Waals surface area contributed by atoms with Gasteiger partial charge >= 0.3 is 0 Å². The zero-order valence-corrected chi connectivity index (χ0v) is 11.7. The van der Waals surface area contributed by atoms with Crippen molar-refractivity contribution in [3.63, 3.8) is 0 Å². The predicted octanol–water partition coefficient (Wildman–Crippen LogP) is 4.60. The first-order chi connectivity index (χ1) is 8.60. The third-order valence-corrected chi connectivity index (χ3v) is 3.94. The van der Waals surface area contributed by atoms with Gasteiger partial charge in [-0.25, -0.2) is 9.37 Å². The van der Waals surface area contributed by atoms with Crippen LogP contribution in [0.5, 0.6) is 0 Å². The summed E-state index contributed by atoms with van der Waals surface area (Å²) >= 11 is 1.65. The molecule has 0 aliphatic rings. The summed E-state index contributed by atoms with van der Waals surface area (Å²) in [5.74, 6) is -0.231. The summed E-state index contributed by atoms with van der Waals surface area (Å²) in [6.07, 6.45) is 2.16. The summed E-state index contributed by atoms with van der Waals surface area (Å²) in [6, 6.07) is 4.74. The Kier molecular flexibility index (Phi) is 3.97. The van der Waals surface area contributed by atoms with Crippen LogP contribution in [-0.4, -0.2) is 4.98 Å². The van der Waals surface area contributed by atoms with Crippen LogP contribution >= 0.6 is 11.3 Å². The lowest BCUT2D eigenvalue weighted by Gasteiger charge is -2.06. The van der Waals surface area contributed by atoms with Crippen LogP contribution in [0.15, 0.2) is 18.2 Å². The molecule has 1 N–H and O–H groups in total. The molecule has 96 valence electrons. The van der Waals surface area contributed by atoms with Crippen molar-refractivity contribution >= 4 is 22.2 Å². The monoisotopic (exact) mass is 264 g/mol. The molecule has 18 heavy (non-hydrogen) atoms. The van der Waals surface area contributed by atoms with Crippen LogP contribution < -0.4 is 5.32 Å². The predicted molar refractivity (Wildman–Crippen MR) is 75.3 cm³/mol. The molecule has 0 fully saturated rings. The minimum Gasteiger partial charge on any atom is -0.331 e. The third-order valence-electron chi connectivity index (χ3n) is 2.81. The number of hydrogen-bond donors (Lipinski definition) is 1. The maximum Gasteiger partial charge on any atom is 0.187 e. The van der Waals surface area contributed by atoms with E-state index in [9.17, 15) is 4.39 Å². The molecule has 0 unspecified atom stereocenters. The van der Waals surface area contributed by atoms with Crippen LogP contribution in [0.4, 0.5) is 15.2 Å². The smallest absolute Gasteiger partial charge is 0.187 e. The maximum atomic E-state index is 13.2. The van der Waals surface area contributed by atoms with E-state index in [2.05, 4.69) is 17.2 Å². The summed E-state index contributed by atoms with van der Waals surface area (Å²) in [7, 11) is 0. The highest BCUT2D eigenvalue weighted by Crippen LogP contribution is 2.28. The van der Waals surface area contributed by atoms with E-state index < -0.39 is 0 Å². The minimum atomic E-state index is -0.231. The van der Waals surface area contributed by atoms with Gasteiger partial charge in [-0.15, -0.1) is 11.3 Å². The van der Waals surface area contributed by atoms with E-state index in [-0.39, 0.29) is 5.82 Å². The quantitative estimate of drug-likeness (QED) is 0.873. The number of nitrogens with one attached hydrogen (secondary N) is 1. The zero-order chi connectivity index (χ0) is 13.1. The summed E-state index contributed by atoms with van der Waals surface area (Å²) in [6.45, 7) is 6.13. The highest BCUT2D eigenvalue weighted by atomic mass is 32.1. The number of anilines is 2. The number of halogens is 1. The molecule has 2 rings (SSSR count). The fourth-order valence-corrected chi connectivity index (χ4v) is 2.86. The molecule has 0 atom stereocenters. The van der Waals surface area contributed by atoms with Crippen LogP contribution in [0.25, 0.3) is 0 Å². The van der Waals surface area contributed by atoms with Gasteiger partial charge in [-0.3, -0.25) is 0 Å². The molecule has 2 nitrogen and oxygen atoms in total. The molecular formula is C14H17FN2S. The van der Waals surface area contributed by atoms with Gasteiger partial charge in [0, 0.05) is 10.6 Å². The minimum absolute atomic E-state index is 0.231. The first-order valence-corrected chi connectivity index (χ1v) is 6.91. The van der Waals surface area contributed by atoms with Gasteiger partial charge in [0.2, 0.25) is 0 Å². The molecule has 0 aliphatic carbocycles. The number of benzene rings is 1. The maximum absolute atomic E-state index is 13.2. The third kappa shape index (κ3) is 2.88. The average molecular weight is 264 g/mol. The molecule has 0 bridgehead atoms. The van der Waals surface area contributed by atoms with E-state index in [0.717, 1.165) is 34.9 Å². The van der Waals surface area contributed by atoms with Crippen molar-refractivity contribution in [1.82, 2.24) is 4.98 Å². The van der Waals surface area contributed by atoms with Crippen LogP contribution in [0.2, 0.25) is 0 Å². The average Bonchev–Trinajstić information content (AvgIpc) is 2.65. The highest BCUT2D eigenvalue weighted by molar-refractivity contribution is 7.15. The van der Waals surface area contributed by atoms with E-state index in [4.69, 9.17) is 0 Å². The van der Waals surface area contributed by atoms with Crippen molar-refractivity contribution in [2.45, 2.75) is 33.6 Å². The van der Waals surface area contributed by atoms with Gasteiger partial charge in [0.15, 0.2) is 5.13 Å². The molecule has 0 spiro atoms. The van der Waals surface area contributed by atoms with Crippen molar-refractivity contribution in [2.75, 3.05) is 5.32 Å². The summed E-state index contributed by atoms with van der Waals surface area (Å²) < 4.78 is 13.2. The highest BCUT2D eigenvalue weighted by Gasteiger charge is 2.08. The fraction of sp³-hybridized carbons (Fsp3) is 0.357. The van der Waals surface area contributed by atoms with Crippen LogP contribution in [0.1, 0.15) is 29.5 Å². The van der Waals surface area contributed by atoms with Gasteiger partial charge in [0.05, 0.1) is 5.69 Å². The first-order valence-electron chi connectivity index (χ1n) is 6.09. The number of thiazole rings is 1. The second kappa shape index (κ2) is 5.48. The Morgan fingerprint density at radius 2 is 2.11 bits per heavy atom. The molecule has 1 aromatic carbocycles. The molecule has 4 heteroatoms. The molecule has 2 aromatic rings. The van der Waals surface area contributed by atoms with Gasteiger partial charge in [0.25, 0.3) is 0 Å². The van der Waals surface area contributed by atoms with Crippen LogP contribution in [-0.2, 0) is 6.42 Å². The van der Waals surface area contributed by atoms with Gasteiger partial charge in [-0.05, 0) is 38.0 Å². The van der Waals surface area contributed by atoms with Gasteiger partial charge in [-0.2, -0.15) is 0 Å². The Morgan fingerprint density at radius 3 is 2.83 bits per heavy atom. The summed E-state index contributed by atoms with van der Waals surface area (Å²) in [5, 5.41) is 4.04. The largest absolute Gasteiger partial charge is 0.331 e. The van der Waals surface area contributed by atoms with Gasteiger partial charge < -0.3 is 5.32 Å². The lowest BCUT2D eigenvalue weighted by atomic mass is 10.2. The Morgan fingerprint density at radius 1 is 1.33 bits per heavy atom. The Hall–Kier alpha value is -1.42. The van der Waals surface area contributed by atoms with Crippen molar-refractivity contribution in [3.05, 3.63) is 40.2 Å². The zero-order valence-electron chi connectivity index (χ0n) is 10.9. The SMILES string of the molecule is CCCc1sc(Nc2cc(F)ccc2C)nc1C. The summed E-state index contributed by atoms with van der Waals surface area (Å²) in [5.41, 5.74) is 2.87. The molecule has 0 saturated heterocycles. The second-order valence-electron chi connectivity index (χ2n) is 4.36. The number of rotatable bonds is 4. The molecule has 1 heterocycles. The number of aromatic nitrogens is 1. The molecule has 0 saturated carbocycles. The van der Waals surface area contributed by atoms with Crippen molar-refractivity contribution < 1.29 is 4.39 Å². The van der Waals surface area contributed by atoms with E-state index in [0.29, 0.717) is 0 Å². The van der Waals surface area contributed by atoms with Crippen LogP contribution in [0, 0.1) is 19.7 Å². The Bertz CT molecular complexity index is 549. The lowest BCUT2D eigenvalue weighted by molar-refractivity contribution is 0.628. The van der Waals surface area contributed by atoms with E-state index >= 15 is 0 Å². The Balaban J connectivity index is 2.23. The number of aryl methyl sites for hydroxylation is 3. The normalized spacial score (nSPS) is 10.7. The first kappa shape index (κ1) is 13.0. The van der Waals surface area contributed by atoms with E-state index in [1.54, 1.807) is 17.4 Å². The van der Waals surface area contributed by atoms with Crippen molar-refractivity contribution in [1.29, 1.82) is 0 Å². The lowest BCUT2D eigenvalue weighted by Crippen LogP contribution is -1.93. The molecule has 1 aromatic heterocycles. The Labute approximate surface area is 111 Å². The van der Waals surface area contributed by atoms with Crippen molar-refractivity contribution in [3.8, 4) is 0 Å². The number of nitrogens with zero attached hydrogens (tertiary/aromatic N) is 1. The van der Waals surface area contributed by atoms with Crippen LogP contribution in [0.3, 0.4) is 0 Å². The topological polar surface area (TPSA) is 24.9 Å². The van der Waals surface area contributed by atoms with Gasteiger partial charge in [-0.1, -0.05) is 19.4 Å².